The first-order valence-electron chi connectivity index (χ1n) is 9.65. The predicted molar refractivity (Wildman–Crippen MR) is 111 cm³/mol. The Morgan fingerprint density at radius 2 is 1.68 bits per heavy atom. The highest BCUT2D eigenvalue weighted by atomic mass is 28.3. The van der Waals surface area contributed by atoms with E-state index in [1.807, 2.05) is 18.2 Å². The van der Waals surface area contributed by atoms with Crippen molar-refractivity contribution >= 4 is 31.5 Å². The maximum atomic E-state index is 11.4. The van der Waals surface area contributed by atoms with Crippen LogP contribution in [-0.4, -0.2) is 39.5 Å². The van der Waals surface area contributed by atoms with Crippen molar-refractivity contribution in [3.05, 3.63) is 41.6 Å². The summed E-state index contributed by atoms with van der Waals surface area (Å²) in [6, 6.07) is 10.4. The molecule has 0 radical (unpaired) electrons. The highest BCUT2D eigenvalue weighted by molar-refractivity contribution is 6.94. The van der Waals surface area contributed by atoms with Crippen molar-refractivity contribution < 1.29 is 23.9 Å². The van der Waals surface area contributed by atoms with Crippen LogP contribution in [0.5, 0.6) is 0 Å². The standard InChI is InChI=1S/C22H30O5Si/c1-17(24)26-15-22(16-27-18(2)25)12-19(10-11-23)20(13-22)14-28(3,4)21-8-6-5-7-9-21/h5-9,11,14,19H,10,12-13,15-16H2,1-4H3/b20-14-. The normalized spacial score (nSPS) is 20.0. The summed E-state index contributed by atoms with van der Waals surface area (Å²) in [5, 5.41) is 1.32. The van der Waals surface area contributed by atoms with Gasteiger partial charge in [0.2, 0.25) is 0 Å². The minimum Gasteiger partial charge on any atom is -0.465 e. The molecular weight excluding hydrogens is 372 g/mol. The van der Waals surface area contributed by atoms with Crippen molar-refractivity contribution in [1.82, 2.24) is 0 Å². The Hall–Kier alpha value is -2.21. The summed E-state index contributed by atoms with van der Waals surface area (Å²) in [5.41, 5.74) is 3.10. The fourth-order valence-corrected chi connectivity index (χ4v) is 6.49. The van der Waals surface area contributed by atoms with Crippen LogP contribution >= 0.6 is 0 Å². The quantitative estimate of drug-likeness (QED) is 0.379. The van der Waals surface area contributed by atoms with Gasteiger partial charge < -0.3 is 14.3 Å². The third-order valence-electron chi connectivity index (χ3n) is 5.39. The van der Waals surface area contributed by atoms with Crippen LogP contribution < -0.4 is 5.19 Å². The fraction of sp³-hybridized carbons (Fsp3) is 0.500. The van der Waals surface area contributed by atoms with Gasteiger partial charge in [-0.1, -0.05) is 59.9 Å². The molecule has 0 amide bonds. The number of hydrogen-bond donors (Lipinski definition) is 0. The van der Waals surface area contributed by atoms with Crippen molar-refractivity contribution in [1.29, 1.82) is 0 Å². The number of allylic oxidation sites excluding steroid dienone is 1. The molecule has 0 spiro atoms. The van der Waals surface area contributed by atoms with E-state index in [-0.39, 0.29) is 31.1 Å². The maximum absolute atomic E-state index is 11.4. The monoisotopic (exact) mass is 402 g/mol. The van der Waals surface area contributed by atoms with Crippen LogP contribution in [0, 0.1) is 11.3 Å². The Morgan fingerprint density at radius 1 is 1.11 bits per heavy atom. The average molecular weight is 403 g/mol. The van der Waals surface area contributed by atoms with Crippen LogP contribution in [-0.2, 0) is 23.9 Å². The summed E-state index contributed by atoms with van der Waals surface area (Å²) >= 11 is 0. The first kappa shape index (κ1) is 22.1. The van der Waals surface area contributed by atoms with Crippen molar-refractivity contribution in [2.24, 2.45) is 11.3 Å². The number of aldehydes is 1. The summed E-state index contributed by atoms with van der Waals surface area (Å²) in [6.45, 7) is 7.70. The second-order valence-corrected chi connectivity index (χ2v) is 12.7. The van der Waals surface area contributed by atoms with Gasteiger partial charge in [-0.25, -0.2) is 0 Å². The molecule has 0 saturated heterocycles. The van der Waals surface area contributed by atoms with Crippen LogP contribution in [0.15, 0.2) is 41.6 Å². The van der Waals surface area contributed by atoms with Crippen molar-refractivity contribution in [3.8, 4) is 0 Å². The van der Waals surface area contributed by atoms with E-state index in [1.54, 1.807) is 0 Å². The molecule has 0 bridgehead atoms. The van der Waals surface area contributed by atoms with E-state index in [0.717, 1.165) is 6.29 Å². The fourth-order valence-electron chi connectivity index (χ4n) is 4.01. The van der Waals surface area contributed by atoms with Gasteiger partial charge in [-0.2, -0.15) is 0 Å². The lowest BCUT2D eigenvalue weighted by Gasteiger charge is -2.27. The van der Waals surface area contributed by atoms with E-state index in [4.69, 9.17) is 9.47 Å². The number of rotatable bonds is 8. The molecule has 0 N–H and O–H groups in total. The third kappa shape index (κ3) is 5.89. The maximum Gasteiger partial charge on any atom is 0.302 e. The van der Waals surface area contributed by atoms with Gasteiger partial charge in [0.15, 0.2) is 0 Å². The van der Waals surface area contributed by atoms with E-state index in [2.05, 4.69) is 30.9 Å². The first-order valence-corrected chi connectivity index (χ1v) is 12.7. The zero-order chi connectivity index (χ0) is 20.8. The Bertz CT molecular complexity index is 721. The molecule has 1 aromatic rings. The van der Waals surface area contributed by atoms with Gasteiger partial charge in [0.25, 0.3) is 0 Å². The van der Waals surface area contributed by atoms with Gasteiger partial charge in [0.05, 0.1) is 0 Å². The summed E-state index contributed by atoms with van der Waals surface area (Å²) in [6.07, 6.45) is 2.70. The number of carbonyl (C=O) groups excluding carboxylic acids is 3. The highest BCUT2D eigenvalue weighted by Crippen LogP contribution is 2.47. The SMILES string of the molecule is CC(=O)OCC1(COC(C)=O)C/C(=C/[Si](C)(C)c2ccccc2)C(CC=O)C1. The largest absolute Gasteiger partial charge is 0.465 e. The van der Waals surface area contributed by atoms with Crippen molar-refractivity contribution in [2.75, 3.05) is 13.2 Å². The topological polar surface area (TPSA) is 69.7 Å². The smallest absolute Gasteiger partial charge is 0.302 e. The van der Waals surface area contributed by atoms with Gasteiger partial charge in [-0.05, 0) is 18.8 Å². The molecule has 5 nitrogen and oxygen atoms in total. The molecule has 1 aromatic carbocycles. The zero-order valence-corrected chi connectivity index (χ0v) is 18.2. The minimum absolute atomic E-state index is 0.0825. The van der Waals surface area contributed by atoms with E-state index in [9.17, 15) is 14.4 Å². The Morgan fingerprint density at radius 3 is 2.18 bits per heavy atom. The predicted octanol–water partition coefficient (Wildman–Crippen LogP) is 3.18. The molecule has 2 rings (SSSR count). The number of benzene rings is 1. The summed E-state index contributed by atoms with van der Waals surface area (Å²) in [7, 11) is -1.86. The third-order valence-corrected chi connectivity index (χ3v) is 8.30. The highest BCUT2D eigenvalue weighted by Gasteiger charge is 2.44. The van der Waals surface area contributed by atoms with Gasteiger partial charge in [0, 0.05) is 25.7 Å². The number of esters is 2. The number of ether oxygens (including phenoxy) is 2. The average Bonchev–Trinajstić information content (AvgIpc) is 2.97. The lowest BCUT2D eigenvalue weighted by molar-refractivity contribution is -0.151. The first-order chi connectivity index (χ1) is 13.2. The second kappa shape index (κ2) is 9.32. The van der Waals surface area contributed by atoms with E-state index in [0.29, 0.717) is 19.3 Å². The molecule has 1 fully saturated rings. The molecule has 0 heterocycles. The van der Waals surface area contributed by atoms with E-state index in [1.165, 1.54) is 24.6 Å². The molecule has 1 aliphatic rings. The van der Waals surface area contributed by atoms with Gasteiger partial charge >= 0.3 is 11.9 Å². The lowest BCUT2D eigenvalue weighted by atomic mass is 9.86. The lowest BCUT2D eigenvalue weighted by Crippen LogP contribution is -2.40. The molecule has 28 heavy (non-hydrogen) atoms. The molecule has 1 saturated carbocycles. The molecule has 152 valence electrons. The summed E-state index contributed by atoms with van der Waals surface area (Å²) < 4.78 is 10.6. The van der Waals surface area contributed by atoms with Gasteiger partial charge in [-0.3, -0.25) is 9.59 Å². The minimum atomic E-state index is -1.86. The Labute approximate surface area is 168 Å². The molecule has 0 aromatic heterocycles. The zero-order valence-electron chi connectivity index (χ0n) is 17.2. The summed E-state index contributed by atoms with van der Waals surface area (Å²) in [4.78, 5) is 34.1. The number of carbonyl (C=O) groups is 3. The van der Waals surface area contributed by atoms with Crippen LogP contribution in [0.4, 0.5) is 0 Å². The van der Waals surface area contributed by atoms with E-state index < -0.39 is 13.5 Å². The molecule has 0 aliphatic heterocycles. The van der Waals surface area contributed by atoms with Crippen LogP contribution in [0.25, 0.3) is 0 Å². The van der Waals surface area contributed by atoms with Crippen LogP contribution in [0.1, 0.15) is 33.1 Å². The Balaban J connectivity index is 2.34. The van der Waals surface area contributed by atoms with Crippen LogP contribution in [0.3, 0.4) is 0 Å². The molecule has 1 aliphatic carbocycles. The van der Waals surface area contributed by atoms with Crippen molar-refractivity contribution in [2.45, 2.75) is 46.2 Å². The van der Waals surface area contributed by atoms with Crippen LogP contribution in [0.2, 0.25) is 13.1 Å². The number of hydrogen-bond acceptors (Lipinski definition) is 5. The molecule has 6 heteroatoms. The Kier molecular flexibility index (Phi) is 7.35. The van der Waals surface area contributed by atoms with E-state index >= 15 is 0 Å². The molecular formula is C22H30O5Si. The molecule has 1 atom stereocenters. The van der Waals surface area contributed by atoms with Crippen molar-refractivity contribution in [3.63, 3.8) is 0 Å². The second-order valence-electron chi connectivity index (χ2n) is 8.35. The molecule has 1 unspecified atom stereocenters. The van der Waals surface area contributed by atoms with Gasteiger partial charge in [0.1, 0.15) is 27.6 Å². The van der Waals surface area contributed by atoms with Gasteiger partial charge in [-0.15, -0.1) is 0 Å². The summed E-state index contributed by atoms with van der Waals surface area (Å²) in [5.74, 6) is -0.629.